The van der Waals surface area contributed by atoms with Gasteiger partial charge in [0.2, 0.25) is 0 Å². The molecule has 0 bridgehead atoms. The van der Waals surface area contributed by atoms with Gasteiger partial charge in [0.05, 0.1) is 7.11 Å². The third-order valence-electron chi connectivity index (χ3n) is 7.07. The van der Waals surface area contributed by atoms with Crippen LogP contribution in [-0.2, 0) is 23.9 Å². The van der Waals surface area contributed by atoms with Gasteiger partial charge in [0, 0.05) is 5.41 Å². The zero-order valence-corrected chi connectivity index (χ0v) is 17.5. The van der Waals surface area contributed by atoms with E-state index in [2.05, 4.69) is 54.6 Å². The summed E-state index contributed by atoms with van der Waals surface area (Å²) < 4.78 is 5.50. The summed E-state index contributed by atoms with van der Waals surface area (Å²) in [7, 11) is 1.73. The topological polar surface area (TPSA) is 29.5 Å². The summed E-state index contributed by atoms with van der Waals surface area (Å²) in [6.45, 7) is 0. The van der Waals surface area contributed by atoms with Gasteiger partial charge >= 0.3 is 0 Å². The molecule has 152 valence electrons. The van der Waals surface area contributed by atoms with Crippen LogP contribution in [-0.4, -0.2) is 12.2 Å². The van der Waals surface area contributed by atoms with Crippen molar-refractivity contribution in [2.75, 3.05) is 7.11 Å². The number of allylic oxidation sites excluding steroid dienone is 1. The van der Waals surface area contributed by atoms with Crippen molar-refractivity contribution in [2.45, 2.75) is 43.1 Å². The molecule has 2 heteroatoms. The smallest absolute Gasteiger partial charge is 0.119 e. The van der Waals surface area contributed by atoms with E-state index in [9.17, 15) is 5.11 Å². The molecule has 0 unspecified atom stereocenters. The number of aryl methyl sites for hydroxylation is 1. The summed E-state index contributed by atoms with van der Waals surface area (Å²) in [5.74, 6) is 0.924. The lowest BCUT2D eigenvalue weighted by Crippen LogP contribution is -2.43. The largest absolute Gasteiger partial charge is 0.497 e. The van der Waals surface area contributed by atoms with Gasteiger partial charge in [-0.2, -0.15) is 0 Å². The third-order valence-corrected chi connectivity index (χ3v) is 7.07. The van der Waals surface area contributed by atoms with Crippen molar-refractivity contribution >= 4 is 0 Å². The van der Waals surface area contributed by atoms with Gasteiger partial charge in [-0.15, -0.1) is 0 Å². The van der Waals surface area contributed by atoms with Crippen molar-refractivity contribution in [3.63, 3.8) is 0 Å². The first-order chi connectivity index (χ1) is 14.6. The molecule has 0 saturated carbocycles. The number of ether oxygens (including phenoxy) is 1. The SMILES string of the molecule is COc1ccc2c(c1)CCC1=C[C@@](O)(c3ccccc3)CC[C@@]12Cc1ccccc1. The zero-order chi connectivity index (χ0) is 20.6. The van der Waals surface area contributed by atoms with E-state index in [1.807, 2.05) is 30.3 Å². The maximum Gasteiger partial charge on any atom is 0.119 e. The number of benzene rings is 3. The van der Waals surface area contributed by atoms with Gasteiger partial charge in [-0.1, -0.05) is 72.3 Å². The van der Waals surface area contributed by atoms with Gasteiger partial charge in [0.15, 0.2) is 0 Å². The summed E-state index contributed by atoms with van der Waals surface area (Å²) in [6.07, 6.45) is 6.75. The Morgan fingerprint density at radius 1 is 0.867 bits per heavy atom. The highest BCUT2D eigenvalue weighted by atomic mass is 16.5. The molecule has 2 aliphatic rings. The number of methoxy groups -OCH3 is 1. The third kappa shape index (κ3) is 3.16. The Balaban J connectivity index is 1.65. The second-order valence-electron chi connectivity index (χ2n) is 8.73. The molecular formula is C28H28O2. The van der Waals surface area contributed by atoms with Crippen molar-refractivity contribution in [1.82, 2.24) is 0 Å². The van der Waals surface area contributed by atoms with Gasteiger partial charge < -0.3 is 9.84 Å². The van der Waals surface area contributed by atoms with Crippen molar-refractivity contribution in [1.29, 1.82) is 0 Å². The Hall–Kier alpha value is -2.84. The first-order valence-corrected chi connectivity index (χ1v) is 10.8. The molecule has 1 N–H and O–H groups in total. The number of fused-ring (bicyclic) bond motifs is 3. The molecule has 2 aliphatic carbocycles. The predicted octanol–water partition coefficient (Wildman–Crippen LogP) is 5.73. The van der Waals surface area contributed by atoms with Crippen molar-refractivity contribution < 1.29 is 9.84 Å². The maximum atomic E-state index is 11.6. The summed E-state index contributed by atoms with van der Waals surface area (Å²) in [6, 6.07) is 27.4. The standard InChI is InChI=1S/C28H28O2/c1-30-25-14-15-26-22(18-25)12-13-24-20-28(29,23-10-6-3-7-11-23)17-16-27(24,26)19-21-8-4-2-5-9-21/h2-11,14-15,18,20,29H,12-13,16-17,19H2,1H3/t27-,28-/m1/s1. The zero-order valence-electron chi connectivity index (χ0n) is 17.5. The predicted molar refractivity (Wildman–Crippen MR) is 121 cm³/mol. The molecule has 0 saturated heterocycles. The highest BCUT2D eigenvalue weighted by Gasteiger charge is 2.46. The van der Waals surface area contributed by atoms with E-state index in [4.69, 9.17) is 4.74 Å². The van der Waals surface area contributed by atoms with E-state index < -0.39 is 5.60 Å². The van der Waals surface area contributed by atoms with Crippen LogP contribution < -0.4 is 4.74 Å². The fraction of sp³-hybridized carbons (Fsp3) is 0.286. The second kappa shape index (κ2) is 7.45. The Kier molecular flexibility index (Phi) is 4.75. The van der Waals surface area contributed by atoms with E-state index in [0.29, 0.717) is 0 Å². The average Bonchev–Trinajstić information content (AvgIpc) is 2.80. The van der Waals surface area contributed by atoms with Crippen LogP contribution in [0.5, 0.6) is 5.75 Å². The molecule has 2 atom stereocenters. The van der Waals surface area contributed by atoms with E-state index >= 15 is 0 Å². The molecule has 0 aromatic heterocycles. The summed E-state index contributed by atoms with van der Waals surface area (Å²) in [4.78, 5) is 0. The summed E-state index contributed by atoms with van der Waals surface area (Å²) >= 11 is 0. The van der Waals surface area contributed by atoms with E-state index in [-0.39, 0.29) is 5.41 Å². The van der Waals surface area contributed by atoms with E-state index in [1.165, 1.54) is 22.3 Å². The average molecular weight is 397 g/mol. The number of hydrogen-bond donors (Lipinski definition) is 1. The van der Waals surface area contributed by atoms with Crippen LogP contribution in [0.1, 0.15) is 41.5 Å². The first-order valence-electron chi connectivity index (χ1n) is 10.8. The fourth-order valence-electron chi connectivity index (χ4n) is 5.52. The highest BCUT2D eigenvalue weighted by molar-refractivity contribution is 5.52. The Labute approximate surface area is 178 Å². The molecular weight excluding hydrogens is 368 g/mol. The summed E-state index contributed by atoms with van der Waals surface area (Å²) in [5, 5.41) is 11.6. The maximum absolute atomic E-state index is 11.6. The first kappa shape index (κ1) is 19.1. The van der Waals surface area contributed by atoms with Crippen LogP contribution in [0.25, 0.3) is 0 Å². The lowest BCUT2D eigenvalue weighted by molar-refractivity contribution is 0.0577. The molecule has 0 amide bonds. The molecule has 30 heavy (non-hydrogen) atoms. The molecule has 0 fully saturated rings. The lowest BCUT2D eigenvalue weighted by atomic mass is 9.57. The van der Waals surface area contributed by atoms with Gasteiger partial charge in [-0.3, -0.25) is 0 Å². The Bertz CT molecular complexity index is 1070. The van der Waals surface area contributed by atoms with Gasteiger partial charge in [-0.05, 0) is 72.6 Å². The van der Waals surface area contributed by atoms with Crippen LogP contribution in [0.4, 0.5) is 0 Å². The Morgan fingerprint density at radius 3 is 2.33 bits per heavy atom. The molecule has 0 aliphatic heterocycles. The van der Waals surface area contributed by atoms with Gasteiger partial charge in [0.1, 0.15) is 11.4 Å². The quantitative estimate of drug-likeness (QED) is 0.571. The summed E-state index contributed by atoms with van der Waals surface area (Å²) in [5.41, 5.74) is 5.54. The monoisotopic (exact) mass is 396 g/mol. The van der Waals surface area contributed by atoms with Crippen LogP contribution in [0.3, 0.4) is 0 Å². The van der Waals surface area contributed by atoms with Crippen molar-refractivity contribution in [3.8, 4) is 5.75 Å². The van der Waals surface area contributed by atoms with E-state index in [0.717, 1.165) is 43.4 Å². The molecule has 0 heterocycles. The second-order valence-corrected chi connectivity index (χ2v) is 8.73. The molecule has 0 spiro atoms. The van der Waals surface area contributed by atoms with Crippen LogP contribution in [0, 0.1) is 0 Å². The van der Waals surface area contributed by atoms with Crippen LogP contribution in [0.2, 0.25) is 0 Å². The Morgan fingerprint density at radius 2 is 1.60 bits per heavy atom. The van der Waals surface area contributed by atoms with Crippen molar-refractivity contribution in [2.24, 2.45) is 0 Å². The number of rotatable bonds is 4. The highest BCUT2D eigenvalue weighted by Crippen LogP contribution is 2.53. The number of hydrogen-bond acceptors (Lipinski definition) is 2. The minimum Gasteiger partial charge on any atom is -0.497 e. The lowest BCUT2D eigenvalue weighted by Gasteiger charge is -2.48. The van der Waals surface area contributed by atoms with Crippen molar-refractivity contribution in [3.05, 3.63) is 113 Å². The molecule has 3 aromatic rings. The van der Waals surface area contributed by atoms with Gasteiger partial charge in [-0.25, -0.2) is 0 Å². The number of aliphatic hydroxyl groups is 1. The molecule has 0 radical (unpaired) electrons. The van der Waals surface area contributed by atoms with Gasteiger partial charge in [0.25, 0.3) is 0 Å². The molecule has 5 rings (SSSR count). The van der Waals surface area contributed by atoms with Crippen LogP contribution in [0.15, 0.2) is 90.5 Å². The molecule has 2 nitrogen and oxygen atoms in total. The van der Waals surface area contributed by atoms with E-state index in [1.54, 1.807) is 7.11 Å². The minimum atomic E-state index is -0.888. The van der Waals surface area contributed by atoms with Crippen LogP contribution >= 0.6 is 0 Å². The minimum absolute atomic E-state index is 0.0672. The fourth-order valence-corrected chi connectivity index (χ4v) is 5.52. The normalized spacial score (nSPS) is 25.1. The molecule has 3 aromatic carbocycles.